The standard InChI is InChI=1S/C55H40N2/c1-35-31-38-16-6-7-17-39(38)32-52(35)56(42-28-30-47-46-23-11-13-26-51(46)57(53(47)34-42)40-19-4-3-5-20-40)41-27-29-45-43-21-9-8-15-37-18-14-24-48-44-22-10-12-25-49(44)55(36(43)2,54(37)48)50(45)33-41/h3-14,16-34,36H,15H2,1-2H3/b9-8-,43-21+. The molecule has 2 atom stereocenters. The molecule has 0 saturated carbocycles. The van der Waals surface area contributed by atoms with E-state index in [2.05, 4.69) is 211 Å². The van der Waals surface area contributed by atoms with Crippen molar-refractivity contribution in [1.29, 1.82) is 0 Å². The fourth-order valence-corrected chi connectivity index (χ4v) is 10.9. The predicted octanol–water partition coefficient (Wildman–Crippen LogP) is 14.2. The van der Waals surface area contributed by atoms with Crippen molar-refractivity contribution >= 4 is 55.2 Å². The lowest BCUT2D eigenvalue weighted by Gasteiger charge is -2.36. The molecular formula is C55H40N2. The maximum atomic E-state index is 2.55. The third-order valence-corrected chi connectivity index (χ3v) is 13.3. The molecule has 57 heavy (non-hydrogen) atoms. The Labute approximate surface area is 333 Å². The van der Waals surface area contributed by atoms with Gasteiger partial charge in [-0.05, 0) is 135 Å². The highest BCUT2D eigenvalue weighted by Crippen LogP contribution is 2.65. The Balaban J connectivity index is 1.16. The molecule has 0 aliphatic heterocycles. The second-order valence-electron chi connectivity index (χ2n) is 16.1. The minimum atomic E-state index is -0.306. The topological polar surface area (TPSA) is 8.17 Å². The van der Waals surface area contributed by atoms with Gasteiger partial charge in [0.1, 0.15) is 0 Å². The molecule has 270 valence electrons. The number of benzene rings is 8. The highest BCUT2D eigenvalue weighted by atomic mass is 15.1. The van der Waals surface area contributed by atoms with Crippen LogP contribution in [0.5, 0.6) is 0 Å². The van der Waals surface area contributed by atoms with Gasteiger partial charge in [0.2, 0.25) is 0 Å². The van der Waals surface area contributed by atoms with Crippen molar-refractivity contribution in [3.8, 4) is 16.8 Å². The first-order valence-corrected chi connectivity index (χ1v) is 20.2. The molecule has 1 spiro atoms. The highest BCUT2D eigenvalue weighted by molar-refractivity contribution is 6.10. The summed E-state index contributed by atoms with van der Waals surface area (Å²) >= 11 is 0. The predicted molar refractivity (Wildman–Crippen MR) is 239 cm³/mol. The number of para-hydroxylation sites is 2. The molecule has 12 rings (SSSR count). The summed E-state index contributed by atoms with van der Waals surface area (Å²) in [6.07, 6.45) is 7.95. The van der Waals surface area contributed by atoms with Crippen LogP contribution < -0.4 is 4.90 Å². The Bertz CT molecular complexity index is 3200. The molecule has 2 heteroatoms. The van der Waals surface area contributed by atoms with E-state index < -0.39 is 0 Å². The molecule has 2 unspecified atom stereocenters. The van der Waals surface area contributed by atoms with Crippen molar-refractivity contribution in [2.24, 2.45) is 5.92 Å². The fraction of sp³-hybridized carbons (Fsp3) is 0.0909. The molecule has 2 bridgehead atoms. The average Bonchev–Trinajstić information content (AvgIpc) is 3.85. The number of fused-ring (bicyclic) bond motifs is 9. The first kappa shape index (κ1) is 32.4. The molecule has 9 aromatic rings. The van der Waals surface area contributed by atoms with Crippen LogP contribution in [0.2, 0.25) is 0 Å². The van der Waals surface area contributed by atoms with Gasteiger partial charge in [-0.3, -0.25) is 0 Å². The summed E-state index contributed by atoms with van der Waals surface area (Å²) < 4.78 is 2.43. The van der Waals surface area contributed by atoms with Gasteiger partial charge in [0.25, 0.3) is 0 Å². The number of allylic oxidation sites excluding steroid dienone is 4. The Morgan fingerprint density at radius 2 is 1.30 bits per heavy atom. The van der Waals surface area contributed by atoms with E-state index in [1.807, 2.05) is 0 Å². The zero-order valence-electron chi connectivity index (χ0n) is 32.1. The van der Waals surface area contributed by atoms with Gasteiger partial charge in [-0.25, -0.2) is 0 Å². The summed E-state index contributed by atoms with van der Waals surface area (Å²) in [7, 11) is 0. The summed E-state index contributed by atoms with van der Waals surface area (Å²) in [5.74, 6) is 0.253. The van der Waals surface area contributed by atoms with Crippen molar-refractivity contribution in [2.75, 3.05) is 4.90 Å². The second-order valence-corrected chi connectivity index (χ2v) is 16.1. The molecule has 8 aromatic carbocycles. The molecule has 0 radical (unpaired) electrons. The molecule has 1 heterocycles. The van der Waals surface area contributed by atoms with Crippen molar-refractivity contribution in [1.82, 2.24) is 4.57 Å². The van der Waals surface area contributed by atoms with Gasteiger partial charge in [-0.15, -0.1) is 0 Å². The third kappa shape index (κ3) is 4.41. The summed E-state index contributed by atoms with van der Waals surface area (Å²) in [6, 6.07) is 63.7. The van der Waals surface area contributed by atoms with E-state index in [4.69, 9.17) is 0 Å². The molecule has 1 aromatic heterocycles. The number of anilines is 3. The zero-order valence-corrected chi connectivity index (χ0v) is 32.1. The number of hydrogen-bond donors (Lipinski definition) is 0. The average molecular weight is 729 g/mol. The largest absolute Gasteiger partial charge is 0.310 e. The molecule has 3 aliphatic carbocycles. The molecule has 2 nitrogen and oxygen atoms in total. The zero-order chi connectivity index (χ0) is 37.8. The molecule has 0 N–H and O–H groups in total. The van der Waals surface area contributed by atoms with E-state index in [0.29, 0.717) is 0 Å². The van der Waals surface area contributed by atoms with Crippen LogP contribution in [0.25, 0.3) is 55.0 Å². The van der Waals surface area contributed by atoms with Crippen molar-refractivity contribution in [2.45, 2.75) is 25.7 Å². The normalized spacial score (nSPS) is 19.0. The first-order valence-electron chi connectivity index (χ1n) is 20.2. The lowest BCUT2D eigenvalue weighted by atomic mass is 9.66. The van der Waals surface area contributed by atoms with Crippen molar-refractivity contribution in [3.05, 3.63) is 221 Å². The van der Waals surface area contributed by atoms with Crippen LogP contribution in [-0.4, -0.2) is 4.57 Å². The van der Waals surface area contributed by atoms with Gasteiger partial charge in [-0.1, -0.05) is 140 Å². The Kier molecular flexibility index (Phi) is 6.84. The lowest BCUT2D eigenvalue weighted by molar-refractivity contribution is 0.528. The Morgan fingerprint density at radius 1 is 0.579 bits per heavy atom. The smallest absolute Gasteiger partial charge is 0.0561 e. The van der Waals surface area contributed by atoms with E-state index in [-0.39, 0.29) is 11.3 Å². The van der Waals surface area contributed by atoms with Gasteiger partial charge in [0.15, 0.2) is 0 Å². The lowest BCUT2D eigenvalue weighted by Crippen LogP contribution is -2.31. The maximum Gasteiger partial charge on any atom is 0.0561 e. The minimum absolute atomic E-state index is 0.253. The summed E-state index contributed by atoms with van der Waals surface area (Å²) in [5, 5.41) is 4.99. The quantitative estimate of drug-likeness (QED) is 0.175. The van der Waals surface area contributed by atoms with Gasteiger partial charge in [-0.2, -0.15) is 0 Å². The van der Waals surface area contributed by atoms with Gasteiger partial charge >= 0.3 is 0 Å². The minimum Gasteiger partial charge on any atom is -0.310 e. The summed E-state index contributed by atoms with van der Waals surface area (Å²) in [5.41, 5.74) is 19.2. The van der Waals surface area contributed by atoms with Gasteiger partial charge < -0.3 is 9.47 Å². The number of aryl methyl sites for hydroxylation is 1. The summed E-state index contributed by atoms with van der Waals surface area (Å²) in [6.45, 7) is 4.73. The van der Waals surface area contributed by atoms with E-state index >= 15 is 0 Å². The van der Waals surface area contributed by atoms with E-state index in [1.165, 1.54) is 88.3 Å². The maximum absolute atomic E-state index is 2.55. The number of nitrogens with zero attached hydrogens (tertiary/aromatic N) is 2. The molecule has 3 aliphatic rings. The third-order valence-electron chi connectivity index (χ3n) is 13.3. The Morgan fingerprint density at radius 3 is 2.19 bits per heavy atom. The number of rotatable bonds is 4. The van der Waals surface area contributed by atoms with Crippen molar-refractivity contribution in [3.63, 3.8) is 0 Å². The van der Waals surface area contributed by atoms with Crippen LogP contribution in [0.3, 0.4) is 0 Å². The van der Waals surface area contributed by atoms with E-state index in [9.17, 15) is 0 Å². The van der Waals surface area contributed by atoms with Crippen LogP contribution in [0.1, 0.15) is 40.3 Å². The molecule has 0 saturated heterocycles. The van der Waals surface area contributed by atoms with Crippen LogP contribution in [0, 0.1) is 12.8 Å². The highest BCUT2D eigenvalue weighted by Gasteiger charge is 2.55. The van der Waals surface area contributed by atoms with E-state index in [1.54, 1.807) is 0 Å². The number of hydrogen-bond acceptors (Lipinski definition) is 1. The molecule has 0 amide bonds. The second kappa shape index (κ2) is 12.0. The van der Waals surface area contributed by atoms with Crippen LogP contribution in [0.4, 0.5) is 17.1 Å². The summed E-state index contributed by atoms with van der Waals surface area (Å²) in [4.78, 5) is 2.52. The van der Waals surface area contributed by atoms with Crippen LogP contribution >= 0.6 is 0 Å². The van der Waals surface area contributed by atoms with Gasteiger partial charge in [0.05, 0.1) is 16.4 Å². The van der Waals surface area contributed by atoms with Gasteiger partial charge in [0, 0.05) is 33.5 Å². The monoisotopic (exact) mass is 728 g/mol. The first-order chi connectivity index (χ1) is 28.1. The fourth-order valence-electron chi connectivity index (χ4n) is 10.9. The molecule has 0 fully saturated rings. The van der Waals surface area contributed by atoms with Crippen LogP contribution in [-0.2, 0) is 11.8 Å². The van der Waals surface area contributed by atoms with E-state index in [0.717, 1.165) is 23.5 Å². The van der Waals surface area contributed by atoms with Crippen LogP contribution in [0.15, 0.2) is 188 Å². The van der Waals surface area contributed by atoms with Crippen molar-refractivity contribution < 1.29 is 0 Å². The SMILES string of the molecule is Cc1cc2ccccc2cc1N(c1ccc2c(c1)C13c4ccccc4-c4cccc(c41)C/C=C\C=C\2C3C)c1ccc2c3ccccc3n(-c3ccccc3)c2c1. The molecular weight excluding hydrogens is 689 g/mol. The number of aromatic nitrogens is 1. The Hall–Kier alpha value is -6.90.